The van der Waals surface area contributed by atoms with Crippen molar-refractivity contribution in [3.8, 4) is 5.75 Å². The number of benzene rings is 1. The first-order chi connectivity index (χ1) is 7.63. The van der Waals surface area contributed by atoms with Gasteiger partial charge in [0, 0.05) is 7.11 Å². The van der Waals surface area contributed by atoms with Crippen LogP contribution in [0, 0.1) is 13.8 Å². The first-order valence-corrected chi connectivity index (χ1v) is 5.41. The van der Waals surface area contributed by atoms with Crippen molar-refractivity contribution < 1.29 is 14.2 Å². The van der Waals surface area contributed by atoms with Crippen LogP contribution in [0.1, 0.15) is 16.7 Å². The third-order valence-electron chi connectivity index (χ3n) is 3.25. The normalized spacial score (nSPS) is 18.0. The zero-order valence-electron chi connectivity index (χ0n) is 10.3. The Kier molecular flexibility index (Phi) is 2.91. The molecule has 0 saturated carbocycles. The molecule has 1 heterocycles. The maximum Gasteiger partial charge on any atom is 0.139 e. The van der Waals surface area contributed by atoms with E-state index in [-0.39, 0.29) is 5.60 Å². The average Bonchev–Trinajstić information content (AvgIpc) is 2.16. The molecule has 3 nitrogen and oxygen atoms in total. The Morgan fingerprint density at radius 3 is 2.00 bits per heavy atom. The third-order valence-corrected chi connectivity index (χ3v) is 3.25. The van der Waals surface area contributed by atoms with Crippen molar-refractivity contribution in [2.75, 3.05) is 27.4 Å². The van der Waals surface area contributed by atoms with Gasteiger partial charge >= 0.3 is 0 Å². The van der Waals surface area contributed by atoms with Crippen molar-refractivity contribution in [3.63, 3.8) is 0 Å². The lowest BCUT2D eigenvalue weighted by molar-refractivity contribution is -0.202. The van der Waals surface area contributed by atoms with Crippen molar-refractivity contribution in [2.45, 2.75) is 19.4 Å². The Morgan fingerprint density at radius 1 is 1.12 bits per heavy atom. The molecule has 1 fully saturated rings. The van der Waals surface area contributed by atoms with Crippen molar-refractivity contribution in [3.05, 3.63) is 28.8 Å². The summed E-state index contributed by atoms with van der Waals surface area (Å²) in [6, 6.07) is 4.25. The van der Waals surface area contributed by atoms with Gasteiger partial charge in [-0.3, -0.25) is 0 Å². The highest BCUT2D eigenvalue weighted by Crippen LogP contribution is 2.36. The van der Waals surface area contributed by atoms with Gasteiger partial charge in [-0.15, -0.1) is 0 Å². The molecule has 0 N–H and O–H groups in total. The summed E-state index contributed by atoms with van der Waals surface area (Å²) in [5, 5.41) is 0. The largest absolute Gasteiger partial charge is 0.496 e. The van der Waals surface area contributed by atoms with E-state index < -0.39 is 0 Å². The van der Waals surface area contributed by atoms with Gasteiger partial charge in [0.25, 0.3) is 0 Å². The Balaban J connectivity index is 2.43. The lowest BCUT2D eigenvalue weighted by atomic mass is 9.89. The molecule has 88 valence electrons. The molecule has 16 heavy (non-hydrogen) atoms. The summed E-state index contributed by atoms with van der Waals surface area (Å²) in [5.74, 6) is 0.954. The summed E-state index contributed by atoms with van der Waals surface area (Å²) >= 11 is 0. The molecule has 0 bridgehead atoms. The molecule has 0 unspecified atom stereocenters. The number of hydrogen-bond donors (Lipinski definition) is 0. The van der Waals surface area contributed by atoms with Crippen molar-refractivity contribution in [1.29, 1.82) is 0 Å². The molecule has 1 aliphatic rings. The van der Waals surface area contributed by atoms with E-state index in [9.17, 15) is 0 Å². The third kappa shape index (κ3) is 1.60. The van der Waals surface area contributed by atoms with Gasteiger partial charge in [0.05, 0.1) is 20.3 Å². The van der Waals surface area contributed by atoms with E-state index in [1.54, 1.807) is 14.2 Å². The fourth-order valence-electron chi connectivity index (χ4n) is 2.23. The van der Waals surface area contributed by atoms with Crippen molar-refractivity contribution >= 4 is 0 Å². The molecule has 3 heteroatoms. The molecule has 1 saturated heterocycles. The fraction of sp³-hybridized carbons (Fsp3) is 0.538. The second-order valence-corrected chi connectivity index (χ2v) is 4.33. The molecular formula is C13H18O3. The molecule has 0 atom stereocenters. The predicted molar refractivity (Wildman–Crippen MR) is 62.0 cm³/mol. The van der Waals surface area contributed by atoms with Gasteiger partial charge in [-0.2, -0.15) is 0 Å². The van der Waals surface area contributed by atoms with E-state index in [1.807, 2.05) is 0 Å². The van der Waals surface area contributed by atoms with Crippen LogP contribution in [-0.2, 0) is 15.1 Å². The molecule has 0 spiro atoms. The van der Waals surface area contributed by atoms with E-state index in [4.69, 9.17) is 14.2 Å². The van der Waals surface area contributed by atoms with E-state index in [0.717, 1.165) is 16.9 Å². The zero-order chi connectivity index (χ0) is 11.8. The minimum Gasteiger partial charge on any atom is -0.496 e. The molecule has 2 rings (SSSR count). The van der Waals surface area contributed by atoms with E-state index in [1.165, 1.54) is 5.56 Å². The minimum absolute atomic E-state index is 0.248. The van der Waals surface area contributed by atoms with Crippen molar-refractivity contribution in [2.24, 2.45) is 0 Å². The van der Waals surface area contributed by atoms with Crippen LogP contribution in [0.15, 0.2) is 12.1 Å². The fourth-order valence-corrected chi connectivity index (χ4v) is 2.23. The Labute approximate surface area is 96.3 Å². The first-order valence-electron chi connectivity index (χ1n) is 5.41. The maximum atomic E-state index is 5.58. The molecule has 0 aliphatic carbocycles. The first kappa shape index (κ1) is 11.4. The maximum absolute atomic E-state index is 5.58. The molecule has 0 radical (unpaired) electrons. The number of rotatable bonds is 3. The molecule has 0 amide bonds. The molecule has 1 aromatic rings. The number of hydrogen-bond acceptors (Lipinski definition) is 3. The van der Waals surface area contributed by atoms with Crippen LogP contribution in [0.3, 0.4) is 0 Å². The zero-order valence-corrected chi connectivity index (χ0v) is 10.3. The van der Waals surface area contributed by atoms with Crippen LogP contribution in [0.25, 0.3) is 0 Å². The van der Waals surface area contributed by atoms with E-state index in [2.05, 4.69) is 26.0 Å². The molecule has 1 aromatic carbocycles. The van der Waals surface area contributed by atoms with Crippen LogP contribution >= 0.6 is 0 Å². The Bertz CT molecular complexity index is 366. The molecule has 1 aliphatic heterocycles. The predicted octanol–water partition coefficient (Wildman–Crippen LogP) is 2.18. The second kappa shape index (κ2) is 4.07. The van der Waals surface area contributed by atoms with Crippen LogP contribution in [0.5, 0.6) is 5.75 Å². The van der Waals surface area contributed by atoms with Crippen LogP contribution in [0.4, 0.5) is 0 Å². The van der Waals surface area contributed by atoms with Crippen LogP contribution < -0.4 is 4.74 Å². The van der Waals surface area contributed by atoms with Gasteiger partial charge < -0.3 is 14.2 Å². The average molecular weight is 222 g/mol. The lowest BCUT2D eigenvalue weighted by Crippen LogP contribution is -2.48. The van der Waals surface area contributed by atoms with Crippen LogP contribution in [-0.4, -0.2) is 27.4 Å². The van der Waals surface area contributed by atoms with Gasteiger partial charge in [0.15, 0.2) is 0 Å². The second-order valence-electron chi connectivity index (χ2n) is 4.33. The topological polar surface area (TPSA) is 27.7 Å². The number of aryl methyl sites for hydroxylation is 2. The highest BCUT2D eigenvalue weighted by molar-refractivity contribution is 5.45. The highest BCUT2D eigenvalue weighted by atomic mass is 16.6. The summed E-state index contributed by atoms with van der Waals surface area (Å²) < 4.78 is 16.2. The molecular weight excluding hydrogens is 204 g/mol. The number of methoxy groups -OCH3 is 2. The summed E-state index contributed by atoms with van der Waals surface area (Å²) in [4.78, 5) is 0. The minimum atomic E-state index is -0.248. The Hall–Kier alpha value is -1.06. The van der Waals surface area contributed by atoms with E-state index in [0.29, 0.717) is 13.2 Å². The highest BCUT2D eigenvalue weighted by Gasteiger charge is 2.41. The van der Waals surface area contributed by atoms with Gasteiger partial charge in [-0.25, -0.2) is 0 Å². The van der Waals surface area contributed by atoms with Gasteiger partial charge in [-0.1, -0.05) is 0 Å². The summed E-state index contributed by atoms with van der Waals surface area (Å²) in [6.45, 7) is 5.37. The number of ether oxygens (including phenoxy) is 3. The Morgan fingerprint density at radius 2 is 1.69 bits per heavy atom. The molecule has 0 aromatic heterocycles. The van der Waals surface area contributed by atoms with Gasteiger partial charge in [0.1, 0.15) is 11.4 Å². The SMILES string of the molecule is COc1c(C)cc(C2(OC)COC2)cc1C. The quantitative estimate of drug-likeness (QED) is 0.784. The van der Waals surface area contributed by atoms with Gasteiger partial charge in [-0.05, 0) is 42.7 Å². The lowest BCUT2D eigenvalue weighted by Gasteiger charge is -2.40. The summed E-state index contributed by atoms with van der Waals surface area (Å²) in [7, 11) is 3.44. The van der Waals surface area contributed by atoms with Crippen molar-refractivity contribution in [1.82, 2.24) is 0 Å². The summed E-state index contributed by atoms with van der Waals surface area (Å²) in [6.07, 6.45) is 0. The van der Waals surface area contributed by atoms with E-state index >= 15 is 0 Å². The summed E-state index contributed by atoms with van der Waals surface area (Å²) in [5.41, 5.74) is 3.21. The standard InChI is InChI=1S/C13H18O3/c1-9-5-11(6-10(2)12(9)14-3)13(15-4)7-16-8-13/h5-6H,7-8H2,1-4H3. The van der Waals surface area contributed by atoms with Crippen LogP contribution in [0.2, 0.25) is 0 Å². The smallest absolute Gasteiger partial charge is 0.139 e. The monoisotopic (exact) mass is 222 g/mol. The van der Waals surface area contributed by atoms with Gasteiger partial charge in [0.2, 0.25) is 0 Å².